The third kappa shape index (κ3) is 4.82. The summed E-state index contributed by atoms with van der Waals surface area (Å²) in [6.07, 6.45) is 7.54. The molecule has 0 amide bonds. The van der Waals surface area contributed by atoms with E-state index in [1.54, 1.807) is 35.3 Å². The van der Waals surface area contributed by atoms with Crippen molar-refractivity contribution >= 4 is 34.0 Å². The lowest BCUT2D eigenvalue weighted by Crippen LogP contribution is -2.47. The van der Waals surface area contributed by atoms with E-state index < -0.39 is 5.82 Å². The molecule has 8 nitrogen and oxygen atoms in total. The lowest BCUT2D eigenvalue weighted by molar-refractivity contribution is 0.327. The molecular weight excluding hydrogens is 517 g/mol. The molecule has 6 rings (SSSR count). The molecule has 0 bridgehead atoms. The Morgan fingerprint density at radius 2 is 1.77 bits per heavy atom. The summed E-state index contributed by atoms with van der Waals surface area (Å²) in [5, 5.41) is 9.85. The average molecular weight is 544 g/mol. The summed E-state index contributed by atoms with van der Waals surface area (Å²) in [4.78, 5) is 28.1. The van der Waals surface area contributed by atoms with Crippen LogP contribution < -0.4 is 15.2 Å². The summed E-state index contributed by atoms with van der Waals surface area (Å²) in [6, 6.07) is 12.3. The fourth-order valence-electron chi connectivity index (χ4n) is 5.53. The van der Waals surface area contributed by atoms with Gasteiger partial charge in [-0.1, -0.05) is 11.6 Å². The van der Waals surface area contributed by atoms with Gasteiger partial charge in [-0.05, 0) is 56.3 Å². The fraction of sp³-hybridized carbons (Fsp3) is 0.310. The van der Waals surface area contributed by atoms with E-state index in [2.05, 4.69) is 20.9 Å². The first-order chi connectivity index (χ1) is 19.0. The summed E-state index contributed by atoms with van der Waals surface area (Å²) in [7, 11) is 0. The van der Waals surface area contributed by atoms with Crippen LogP contribution in [0.1, 0.15) is 24.1 Å². The molecule has 0 atom stereocenters. The normalized spacial score (nSPS) is 16.1. The number of benzene rings is 1. The monoisotopic (exact) mass is 543 g/mol. The number of halogens is 2. The van der Waals surface area contributed by atoms with Gasteiger partial charge in [0.05, 0.1) is 44.8 Å². The Labute approximate surface area is 230 Å². The van der Waals surface area contributed by atoms with E-state index in [1.165, 1.54) is 25.0 Å². The Kier molecular flexibility index (Phi) is 6.90. The van der Waals surface area contributed by atoms with Crippen molar-refractivity contribution in [3.05, 3.63) is 87.3 Å². The molecule has 0 unspecified atom stereocenters. The molecule has 0 aliphatic carbocycles. The number of hydrogen-bond acceptors (Lipinski definition) is 7. The highest BCUT2D eigenvalue weighted by molar-refractivity contribution is 6.38. The molecule has 39 heavy (non-hydrogen) atoms. The maximum absolute atomic E-state index is 15.5. The summed E-state index contributed by atoms with van der Waals surface area (Å²) in [5.41, 5.74) is 2.65. The fourth-order valence-corrected chi connectivity index (χ4v) is 5.94. The van der Waals surface area contributed by atoms with Gasteiger partial charge in [0.2, 0.25) is 0 Å². The number of fused-ring (bicyclic) bond motifs is 1. The van der Waals surface area contributed by atoms with Gasteiger partial charge < -0.3 is 14.4 Å². The minimum atomic E-state index is -0.537. The van der Waals surface area contributed by atoms with Crippen LogP contribution in [-0.4, -0.2) is 58.7 Å². The molecule has 2 saturated heterocycles. The molecule has 0 spiro atoms. The second kappa shape index (κ2) is 10.6. The quantitative estimate of drug-likeness (QED) is 0.370. The van der Waals surface area contributed by atoms with Crippen molar-refractivity contribution in [2.75, 3.05) is 49.1 Å². The first-order valence-corrected chi connectivity index (χ1v) is 13.5. The predicted molar refractivity (Wildman–Crippen MR) is 150 cm³/mol. The van der Waals surface area contributed by atoms with Crippen LogP contribution in [0.3, 0.4) is 0 Å². The van der Waals surface area contributed by atoms with Crippen molar-refractivity contribution in [2.45, 2.75) is 19.4 Å². The van der Waals surface area contributed by atoms with Crippen LogP contribution in [0.15, 0.2) is 59.8 Å². The summed E-state index contributed by atoms with van der Waals surface area (Å²) in [6.45, 7) is 5.04. The minimum Gasteiger partial charge on any atom is -0.364 e. The van der Waals surface area contributed by atoms with Crippen LogP contribution in [0.2, 0.25) is 5.02 Å². The summed E-state index contributed by atoms with van der Waals surface area (Å²) >= 11 is 6.92. The summed E-state index contributed by atoms with van der Waals surface area (Å²) < 4.78 is 17.3. The van der Waals surface area contributed by atoms with Gasteiger partial charge in [-0.2, -0.15) is 5.26 Å². The molecule has 0 N–H and O–H groups in total. The predicted octanol–water partition coefficient (Wildman–Crippen LogP) is 4.37. The van der Waals surface area contributed by atoms with Crippen LogP contribution in [0.4, 0.5) is 15.9 Å². The van der Waals surface area contributed by atoms with Gasteiger partial charge in [0.25, 0.3) is 0 Å². The molecule has 2 aliphatic heterocycles. The zero-order valence-corrected chi connectivity index (χ0v) is 22.1. The number of anilines is 2. The minimum absolute atomic E-state index is 0.188. The molecular formula is C29H27ClFN7O. The Morgan fingerprint density at radius 1 is 1.00 bits per heavy atom. The van der Waals surface area contributed by atoms with E-state index in [1.807, 2.05) is 21.9 Å². The van der Waals surface area contributed by atoms with Gasteiger partial charge in [0.1, 0.15) is 17.7 Å². The van der Waals surface area contributed by atoms with E-state index in [4.69, 9.17) is 11.6 Å². The second-order valence-corrected chi connectivity index (χ2v) is 10.3. The summed E-state index contributed by atoms with van der Waals surface area (Å²) in [5.74, 6) is 0.0877. The van der Waals surface area contributed by atoms with Gasteiger partial charge in [0.15, 0.2) is 5.43 Å². The van der Waals surface area contributed by atoms with E-state index in [9.17, 15) is 10.1 Å². The Bertz CT molecular complexity index is 1620. The third-order valence-electron chi connectivity index (χ3n) is 7.52. The first-order valence-electron chi connectivity index (χ1n) is 13.1. The van der Waals surface area contributed by atoms with Crippen molar-refractivity contribution in [1.29, 1.82) is 5.26 Å². The van der Waals surface area contributed by atoms with Crippen LogP contribution >= 0.6 is 11.6 Å². The number of hydrogen-bond donors (Lipinski definition) is 0. The van der Waals surface area contributed by atoms with E-state index in [-0.39, 0.29) is 21.5 Å². The third-order valence-corrected chi connectivity index (χ3v) is 7.88. The molecule has 2 fully saturated rings. The number of nitriles is 1. The maximum Gasteiger partial charge on any atom is 0.189 e. The highest BCUT2D eigenvalue weighted by Crippen LogP contribution is 2.37. The average Bonchev–Trinajstić information content (AvgIpc) is 3.48. The number of aromatic nitrogens is 3. The molecule has 5 heterocycles. The topological polar surface area (TPSA) is 81.3 Å². The van der Waals surface area contributed by atoms with E-state index in [0.29, 0.717) is 43.1 Å². The van der Waals surface area contributed by atoms with E-state index >= 15 is 4.39 Å². The van der Waals surface area contributed by atoms with Gasteiger partial charge in [-0.25, -0.2) is 9.37 Å². The van der Waals surface area contributed by atoms with Gasteiger partial charge >= 0.3 is 0 Å². The smallest absolute Gasteiger partial charge is 0.189 e. The Hall–Kier alpha value is -4.00. The Balaban J connectivity index is 1.32. The van der Waals surface area contributed by atoms with Gasteiger partial charge in [-0.15, -0.1) is 0 Å². The van der Waals surface area contributed by atoms with Crippen molar-refractivity contribution < 1.29 is 4.39 Å². The van der Waals surface area contributed by atoms with Crippen LogP contribution in [0.5, 0.6) is 0 Å². The lowest BCUT2D eigenvalue weighted by atomic mass is 10.1. The van der Waals surface area contributed by atoms with Gasteiger partial charge in [-0.3, -0.25) is 14.7 Å². The SMILES string of the molecule is N#Cc1cccnc1N1CCN(c2c(F)cc3c(=O)ccn(-c4ccc(CN5CCCC5)nc4)c3c2Cl)CC1. The van der Waals surface area contributed by atoms with E-state index in [0.717, 1.165) is 31.0 Å². The molecule has 10 heteroatoms. The Morgan fingerprint density at radius 3 is 2.49 bits per heavy atom. The zero-order valence-electron chi connectivity index (χ0n) is 21.4. The van der Waals surface area contributed by atoms with Crippen LogP contribution in [0.25, 0.3) is 16.6 Å². The van der Waals surface area contributed by atoms with Crippen molar-refractivity contribution in [3.63, 3.8) is 0 Å². The number of piperazine rings is 1. The van der Waals surface area contributed by atoms with Crippen LogP contribution in [0, 0.1) is 17.1 Å². The first kappa shape index (κ1) is 25.3. The number of likely N-dealkylation sites (tertiary alicyclic amines) is 1. The molecule has 2 aliphatic rings. The molecule has 3 aromatic heterocycles. The second-order valence-electron chi connectivity index (χ2n) is 9.92. The lowest BCUT2D eigenvalue weighted by Gasteiger charge is -2.37. The largest absolute Gasteiger partial charge is 0.364 e. The standard InChI is InChI=1S/C29H27ClFN7O/c30-26-27-23(25(39)7-11-38(27)22-6-5-21(34-18-22)19-35-9-1-2-10-35)16-24(31)28(26)36-12-14-37(15-13-36)29-20(17-32)4-3-8-33-29/h3-8,11,16,18H,1-2,9-10,12-15,19H2. The molecule has 0 saturated carbocycles. The number of nitrogens with zero attached hydrogens (tertiary/aromatic N) is 7. The number of pyridine rings is 3. The molecule has 198 valence electrons. The molecule has 0 radical (unpaired) electrons. The number of rotatable bonds is 5. The van der Waals surface area contributed by atoms with Crippen LogP contribution in [-0.2, 0) is 6.54 Å². The van der Waals surface area contributed by atoms with Gasteiger partial charge in [0, 0.05) is 51.2 Å². The van der Waals surface area contributed by atoms with Crippen molar-refractivity contribution in [1.82, 2.24) is 19.4 Å². The molecule has 4 aromatic rings. The molecule has 1 aromatic carbocycles. The van der Waals surface area contributed by atoms with Crippen molar-refractivity contribution in [2.24, 2.45) is 0 Å². The maximum atomic E-state index is 15.5. The zero-order chi connectivity index (χ0) is 26.9. The highest BCUT2D eigenvalue weighted by Gasteiger charge is 2.26. The highest BCUT2D eigenvalue weighted by atomic mass is 35.5. The van der Waals surface area contributed by atoms with Crippen molar-refractivity contribution in [3.8, 4) is 11.8 Å².